The zero-order valence-electron chi connectivity index (χ0n) is 6.49. The first-order valence-corrected chi connectivity index (χ1v) is 4.55. The van der Waals surface area contributed by atoms with Gasteiger partial charge in [-0.2, -0.15) is 0 Å². The van der Waals surface area contributed by atoms with Crippen LogP contribution in [0.2, 0.25) is 0 Å². The fraction of sp³-hybridized carbons (Fsp3) is 0.700. The third kappa shape index (κ3) is 0.597. The molecule has 0 heterocycles. The average Bonchev–Trinajstić information content (AvgIpc) is 2.52. The summed E-state index contributed by atoms with van der Waals surface area (Å²) in [5.74, 6) is 3.26. The Morgan fingerprint density at radius 2 is 2.36 bits per heavy atom. The van der Waals surface area contributed by atoms with Crippen LogP contribution in [0.1, 0.15) is 19.3 Å². The van der Waals surface area contributed by atoms with Crippen molar-refractivity contribution >= 4 is 5.78 Å². The Morgan fingerprint density at radius 1 is 1.45 bits per heavy atom. The first kappa shape index (κ1) is 5.99. The minimum Gasteiger partial charge on any atom is -0.299 e. The van der Waals surface area contributed by atoms with Gasteiger partial charge in [-0.15, -0.1) is 0 Å². The molecule has 0 aromatic rings. The van der Waals surface area contributed by atoms with Gasteiger partial charge in [0.05, 0.1) is 0 Å². The van der Waals surface area contributed by atoms with E-state index >= 15 is 0 Å². The van der Waals surface area contributed by atoms with Crippen molar-refractivity contribution in [2.75, 3.05) is 0 Å². The normalized spacial score (nSPS) is 52.2. The van der Waals surface area contributed by atoms with Crippen molar-refractivity contribution < 1.29 is 4.79 Å². The first-order valence-electron chi connectivity index (χ1n) is 4.55. The molecule has 1 heteroatoms. The summed E-state index contributed by atoms with van der Waals surface area (Å²) < 4.78 is 0. The summed E-state index contributed by atoms with van der Waals surface area (Å²) in [6, 6.07) is 0. The number of hydrogen-bond acceptors (Lipinski definition) is 1. The van der Waals surface area contributed by atoms with Crippen LogP contribution in [-0.2, 0) is 4.79 Å². The molecular formula is C10H12O. The van der Waals surface area contributed by atoms with Crippen LogP contribution in [0.15, 0.2) is 12.2 Å². The van der Waals surface area contributed by atoms with E-state index in [9.17, 15) is 4.79 Å². The Kier molecular flexibility index (Phi) is 0.961. The van der Waals surface area contributed by atoms with Gasteiger partial charge in [-0.05, 0) is 30.6 Å². The molecule has 0 spiro atoms. The number of allylic oxidation sites excluding steroid dienone is 2. The van der Waals surface area contributed by atoms with Gasteiger partial charge in [0.15, 0.2) is 0 Å². The van der Waals surface area contributed by atoms with Crippen LogP contribution in [-0.4, -0.2) is 5.78 Å². The Morgan fingerprint density at radius 3 is 3.27 bits per heavy atom. The predicted molar refractivity (Wildman–Crippen MR) is 42.0 cm³/mol. The molecule has 0 N–H and O–H groups in total. The fourth-order valence-corrected chi connectivity index (χ4v) is 3.29. The maximum atomic E-state index is 11.4. The highest BCUT2D eigenvalue weighted by atomic mass is 16.1. The summed E-state index contributed by atoms with van der Waals surface area (Å²) >= 11 is 0. The standard InChI is InChI=1S/C10H12O/c11-10-5-6-4-9(10)8-3-1-2-7(6)8/h1-2,6-9H,3-5H2/t6-,7-,8-,9+/m1/s1. The van der Waals surface area contributed by atoms with Crippen molar-refractivity contribution in [3.8, 4) is 0 Å². The second-order valence-corrected chi connectivity index (χ2v) is 4.18. The van der Waals surface area contributed by atoms with Crippen LogP contribution in [0.5, 0.6) is 0 Å². The molecule has 58 valence electrons. The summed E-state index contributed by atoms with van der Waals surface area (Å²) in [6.45, 7) is 0. The molecule has 2 bridgehead atoms. The van der Waals surface area contributed by atoms with Crippen molar-refractivity contribution in [3.63, 3.8) is 0 Å². The largest absolute Gasteiger partial charge is 0.299 e. The van der Waals surface area contributed by atoms with Crippen LogP contribution in [0.4, 0.5) is 0 Å². The molecule has 0 radical (unpaired) electrons. The van der Waals surface area contributed by atoms with E-state index in [1.807, 2.05) is 0 Å². The van der Waals surface area contributed by atoms with E-state index in [1.165, 1.54) is 12.8 Å². The molecule has 11 heavy (non-hydrogen) atoms. The minimum atomic E-state index is 0.458. The lowest BCUT2D eigenvalue weighted by Crippen LogP contribution is -2.24. The van der Waals surface area contributed by atoms with Gasteiger partial charge in [-0.25, -0.2) is 0 Å². The summed E-state index contributed by atoms with van der Waals surface area (Å²) in [5, 5.41) is 0. The molecule has 0 saturated heterocycles. The predicted octanol–water partition coefficient (Wildman–Crippen LogP) is 1.79. The Hall–Kier alpha value is -0.590. The lowest BCUT2D eigenvalue weighted by atomic mass is 9.81. The van der Waals surface area contributed by atoms with Gasteiger partial charge in [0.1, 0.15) is 5.78 Å². The molecule has 0 aromatic heterocycles. The number of ketones is 1. The zero-order valence-corrected chi connectivity index (χ0v) is 6.49. The van der Waals surface area contributed by atoms with Crippen molar-refractivity contribution in [3.05, 3.63) is 12.2 Å². The van der Waals surface area contributed by atoms with Crippen molar-refractivity contribution in [2.45, 2.75) is 19.3 Å². The van der Waals surface area contributed by atoms with Gasteiger partial charge in [0, 0.05) is 12.3 Å². The summed E-state index contributed by atoms with van der Waals surface area (Å²) in [7, 11) is 0. The second-order valence-electron chi connectivity index (χ2n) is 4.18. The maximum absolute atomic E-state index is 11.4. The van der Waals surface area contributed by atoms with Gasteiger partial charge < -0.3 is 0 Å². The van der Waals surface area contributed by atoms with Crippen molar-refractivity contribution in [1.29, 1.82) is 0 Å². The number of Topliss-reactive ketones (excluding diaryl/α,β-unsaturated/α-hetero) is 1. The van der Waals surface area contributed by atoms with Crippen LogP contribution in [0.25, 0.3) is 0 Å². The summed E-state index contributed by atoms with van der Waals surface area (Å²) in [5.41, 5.74) is 0. The molecule has 0 amide bonds. The molecule has 1 nitrogen and oxygen atoms in total. The maximum Gasteiger partial charge on any atom is 0.136 e. The summed E-state index contributed by atoms with van der Waals surface area (Å²) in [6.07, 6.45) is 7.89. The van der Waals surface area contributed by atoms with E-state index in [4.69, 9.17) is 0 Å². The Balaban J connectivity index is 1.99. The van der Waals surface area contributed by atoms with Crippen LogP contribution < -0.4 is 0 Å². The van der Waals surface area contributed by atoms with Crippen LogP contribution in [0, 0.1) is 23.7 Å². The molecule has 0 unspecified atom stereocenters. The third-order valence-electron chi connectivity index (χ3n) is 3.76. The van der Waals surface area contributed by atoms with Gasteiger partial charge in [0.25, 0.3) is 0 Å². The molecule has 3 aliphatic rings. The zero-order chi connectivity index (χ0) is 7.42. The van der Waals surface area contributed by atoms with Gasteiger partial charge in [0.2, 0.25) is 0 Å². The number of carbonyl (C=O) groups is 1. The summed E-state index contributed by atoms with van der Waals surface area (Å²) in [4.78, 5) is 11.4. The number of rotatable bonds is 0. The van der Waals surface area contributed by atoms with Gasteiger partial charge >= 0.3 is 0 Å². The third-order valence-corrected chi connectivity index (χ3v) is 3.76. The Labute approximate surface area is 66.5 Å². The second kappa shape index (κ2) is 1.77. The van der Waals surface area contributed by atoms with E-state index in [-0.39, 0.29) is 0 Å². The molecule has 3 aliphatic carbocycles. The average molecular weight is 148 g/mol. The molecule has 4 atom stereocenters. The SMILES string of the molecule is O=C1C[C@H]2C[C@H]1[C@@H]1CC=C[C@H]21. The molecule has 0 aliphatic heterocycles. The topological polar surface area (TPSA) is 17.1 Å². The quantitative estimate of drug-likeness (QED) is 0.479. The minimum absolute atomic E-state index is 0.458. The highest BCUT2D eigenvalue weighted by molar-refractivity contribution is 5.85. The molecular weight excluding hydrogens is 136 g/mol. The van der Waals surface area contributed by atoms with E-state index in [0.717, 1.165) is 24.2 Å². The highest BCUT2D eigenvalue weighted by Crippen LogP contribution is 2.54. The van der Waals surface area contributed by atoms with Crippen molar-refractivity contribution in [2.24, 2.45) is 23.7 Å². The van der Waals surface area contributed by atoms with Crippen LogP contribution >= 0.6 is 0 Å². The first-order chi connectivity index (χ1) is 5.36. The fourth-order valence-electron chi connectivity index (χ4n) is 3.29. The smallest absolute Gasteiger partial charge is 0.136 e. The Bertz CT molecular complexity index is 241. The van der Waals surface area contributed by atoms with E-state index in [2.05, 4.69) is 12.2 Å². The van der Waals surface area contributed by atoms with Gasteiger partial charge in [-0.3, -0.25) is 4.79 Å². The van der Waals surface area contributed by atoms with Crippen LogP contribution in [0.3, 0.4) is 0 Å². The van der Waals surface area contributed by atoms with Crippen molar-refractivity contribution in [1.82, 2.24) is 0 Å². The van der Waals surface area contributed by atoms with E-state index in [0.29, 0.717) is 11.7 Å². The number of carbonyl (C=O) groups excluding carboxylic acids is 1. The number of fused-ring (bicyclic) bond motifs is 5. The molecule has 2 saturated carbocycles. The molecule has 3 rings (SSSR count). The lowest BCUT2D eigenvalue weighted by Gasteiger charge is -2.22. The highest BCUT2D eigenvalue weighted by Gasteiger charge is 2.51. The lowest BCUT2D eigenvalue weighted by molar-refractivity contribution is -0.123. The van der Waals surface area contributed by atoms with Gasteiger partial charge in [-0.1, -0.05) is 12.2 Å². The van der Waals surface area contributed by atoms with E-state index < -0.39 is 0 Å². The molecule has 2 fully saturated rings. The molecule has 0 aromatic carbocycles. The van der Waals surface area contributed by atoms with E-state index in [1.54, 1.807) is 0 Å². The number of hydrogen-bond donors (Lipinski definition) is 0. The monoisotopic (exact) mass is 148 g/mol.